The van der Waals surface area contributed by atoms with Crippen LogP contribution in [0.2, 0.25) is 5.02 Å². The lowest BCUT2D eigenvalue weighted by atomic mass is 9.88. The van der Waals surface area contributed by atoms with E-state index in [0.29, 0.717) is 33.3 Å². The van der Waals surface area contributed by atoms with Crippen molar-refractivity contribution in [1.29, 1.82) is 0 Å². The first kappa shape index (κ1) is 25.8. The van der Waals surface area contributed by atoms with Gasteiger partial charge in [0.1, 0.15) is 0 Å². The Balaban J connectivity index is 1.30. The zero-order valence-corrected chi connectivity index (χ0v) is 22.2. The Morgan fingerprint density at radius 1 is 0.842 bits per heavy atom. The van der Waals surface area contributed by atoms with Gasteiger partial charge in [-0.1, -0.05) is 96.2 Å². The molecule has 1 amide bonds. The van der Waals surface area contributed by atoms with E-state index in [0.717, 1.165) is 6.42 Å². The van der Waals surface area contributed by atoms with Gasteiger partial charge in [0.2, 0.25) is 5.91 Å². The van der Waals surface area contributed by atoms with Crippen LogP contribution in [-0.4, -0.2) is 27.8 Å². The number of nitrogens with zero attached hydrogens (tertiary/aromatic N) is 2. The first-order chi connectivity index (χ1) is 18.6. The van der Waals surface area contributed by atoms with Crippen LogP contribution in [0.3, 0.4) is 0 Å². The van der Waals surface area contributed by atoms with Gasteiger partial charge in [-0.25, -0.2) is 4.98 Å². The van der Waals surface area contributed by atoms with Crippen LogP contribution in [0.4, 0.5) is 0 Å². The predicted octanol–water partition coefficient (Wildman–Crippen LogP) is 6.47. The molecule has 0 aliphatic heterocycles. The average molecular weight is 540 g/mol. The number of halogens is 1. The first-order valence-corrected chi connectivity index (χ1v) is 13.7. The van der Waals surface area contributed by atoms with Crippen molar-refractivity contribution < 1.29 is 4.79 Å². The highest BCUT2D eigenvalue weighted by molar-refractivity contribution is 7.99. The molecule has 0 aliphatic rings. The van der Waals surface area contributed by atoms with Gasteiger partial charge in [-0.15, -0.1) is 0 Å². The molecule has 1 N–H and O–H groups in total. The van der Waals surface area contributed by atoms with Crippen molar-refractivity contribution in [2.24, 2.45) is 0 Å². The Kier molecular flexibility index (Phi) is 8.22. The number of hydrogen-bond donors (Lipinski definition) is 1. The minimum absolute atomic E-state index is 0.111. The van der Waals surface area contributed by atoms with Crippen LogP contribution in [0.25, 0.3) is 16.6 Å². The maximum atomic E-state index is 13.4. The van der Waals surface area contributed by atoms with Crippen molar-refractivity contribution in [1.82, 2.24) is 14.9 Å². The summed E-state index contributed by atoms with van der Waals surface area (Å²) in [6, 6.07) is 34.9. The Labute approximate surface area is 230 Å². The fraction of sp³-hybridized carbons (Fsp3) is 0.129. The lowest BCUT2D eigenvalue weighted by Gasteiger charge is -2.18. The molecule has 5 nitrogen and oxygen atoms in total. The summed E-state index contributed by atoms with van der Waals surface area (Å²) in [7, 11) is 0. The van der Waals surface area contributed by atoms with Crippen LogP contribution in [0.5, 0.6) is 0 Å². The molecule has 0 saturated carbocycles. The highest BCUT2D eigenvalue weighted by Gasteiger charge is 2.17. The van der Waals surface area contributed by atoms with Crippen LogP contribution in [0.1, 0.15) is 23.5 Å². The third-order valence-electron chi connectivity index (χ3n) is 6.32. The molecule has 0 atom stereocenters. The number of nitrogens with one attached hydrogen (secondary N) is 1. The molecule has 1 aromatic heterocycles. The summed E-state index contributed by atoms with van der Waals surface area (Å²) >= 11 is 7.31. The number of hydrogen-bond acceptors (Lipinski definition) is 4. The maximum absolute atomic E-state index is 13.4. The van der Waals surface area contributed by atoms with E-state index in [1.165, 1.54) is 27.5 Å². The number of aromatic nitrogens is 2. The van der Waals surface area contributed by atoms with Gasteiger partial charge in [0.05, 0.1) is 22.3 Å². The number of amides is 1. The van der Waals surface area contributed by atoms with E-state index in [9.17, 15) is 9.59 Å². The molecular weight excluding hydrogens is 514 g/mol. The van der Waals surface area contributed by atoms with Gasteiger partial charge in [-0.05, 0) is 53.9 Å². The molecule has 0 unspecified atom stereocenters. The summed E-state index contributed by atoms with van der Waals surface area (Å²) in [5, 5.41) is 4.60. The fourth-order valence-electron chi connectivity index (χ4n) is 4.46. The highest BCUT2D eigenvalue weighted by Crippen LogP contribution is 2.27. The van der Waals surface area contributed by atoms with E-state index < -0.39 is 0 Å². The average Bonchev–Trinajstić information content (AvgIpc) is 2.96. The van der Waals surface area contributed by atoms with Gasteiger partial charge in [0, 0.05) is 17.5 Å². The van der Waals surface area contributed by atoms with Crippen molar-refractivity contribution in [2.45, 2.75) is 17.5 Å². The van der Waals surface area contributed by atoms with Crippen LogP contribution in [-0.2, 0) is 4.79 Å². The van der Waals surface area contributed by atoms with E-state index >= 15 is 0 Å². The van der Waals surface area contributed by atoms with Crippen molar-refractivity contribution in [3.8, 4) is 5.69 Å². The lowest BCUT2D eigenvalue weighted by molar-refractivity contribution is -0.118. The standard InChI is InChI=1S/C31H26ClN3O2S/c32-24-15-17-25(18-16-24)35-30(37)27-13-7-8-14-28(27)34-31(35)38-21-29(36)33-20-19-26(22-9-3-1-4-10-22)23-11-5-2-6-12-23/h1-18,26H,19-21H2,(H,33,36). The molecular formula is C31H26ClN3O2S. The zero-order valence-electron chi connectivity index (χ0n) is 20.6. The molecule has 0 fully saturated rings. The molecule has 7 heteroatoms. The number of para-hydroxylation sites is 1. The third-order valence-corrected chi connectivity index (χ3v) is 7.51. The monoisotopic (exact) mass is 539 g/mol. The molecule has 38 heavy (non-hydrogen) atoms. The number of thioether (sulfide) groups is 1. The first-order valence-electron chi connectivity index (χ1n) is 12.4. The minimum Gasteiger partial charge on any atom is -0.355 e. The summed E-state index contributed by atoms with van der Waals surface area (Å²) in [6.07, 6.45) is 0.772. The molecule has 5 rings (SSSR count). The van der Waals surface area contributed by atoms with E-state index in [1.807, 2.05) is 48.5 Å². The van der Waals surface area contributed by atoms with Crippen molar-refractivity contribution in [2.75, 3.05) is 12.3 Å². The molecule has 0 saturated heterocycles. The minimum atomic E-state index is -0.186. The molecule has 1 heterocycles. The highest BCUT2D eigenvalue weighted by atomic mass is 35.5. The van der Waals surface area contributed by atoms with Crippen LogP contribution in [0.15, 0.2) is 119 Å². The van der Waals surface area contributed by atoms with Crippen molar-refractivity contribution in [3.05, 3.63) is 136 Å². The summed E-state index contributed by atoms with van der Waals surface area (Å²) in [6.45, 7) is 0.531. The third kappa shape index (κ3) is 5.98. The Bertz CT molecular complexity index is 1550. The second-order valence-electron chi connectivity index (χ2n) is 8.83. The van der Waals surface area contributed by atoms with Gasteiger partial charge in [0.25, 0.3) is 5.56 Å². The Hall–Kier alpha value is -3.87. The largest absolute Gasteiger partial charge is 0.355 e. The molecule has 0 bridgehead atoms. The van der Waals surface area contributed by atoms with Gasteiger partial charge >= 0.3 is 0 Å². The topological polar surface area (TPSA) is 64.0 Å². The molecule has 0 aliphatic carbocycles. The number of benzene rings is 4. The Morgan fingerprint density at radius 2 is 1.45 bits per heavy atom. The van der Waals surface area contributed by atoms with Gasteiger partial charge in [-0.3, -0.25) is 14.2 Å². The molecule has 0 spiro atoms. The van der Waals surface area contributed by atoms with Crippen LogP contribution < -0.4 is 10.9 Å². The second kappa shape index (κ2) is 12.1. The van der Waals surface area contributed by atoms with Gasteiger partial charge in [-0.2, -0.15) is 0 Å². The summed E-state index contributed by atoms with van der Waals surface area (Å²) in [5.41, 5.74) is 3.49. The zero-order chi connectivity index (χ0) is 26.3. The number of rotatable bonds is 9. The Morgan fingerprint density at radius 3 is 2.11 bits per heavy atom. The normalized spacial score (nSPS) is 11.1. The number of fused-ring (bicyclic) bond motifs is 1. The summed E-state index contributed by atoms with van der Waals surface area (Å²) in [5.74, 6) is 0.210. The van der Waals surface area contributed by atoms with E-state index in [2.05, 4.69) is 29.6 Å². The quantitative estimate of drug-likeness (QED) is 0.172. The lowest BCUT2D eigenvalue weighted by Crippen LogP contribution is -2.28. The number of carbonyl (C=O) groups excluding carboxylic acids is 1. The van der Waals surface area contributed by atoms with E-state index in [4.69, 9.17) is 16.6 Å². The van der Waals surface area contributed by atoms with Crippen LogP contribution in [0, 0.1) is 0 Å². The summed E-state index contributed by atoms with van der Waals surface area (Å²) in [4.78, 5) is 30.9. The van der Waals surface area contributed by atoms with E-state index in [1.54, 1.807) is 36.4 Å². The second-order valence-corrected chi connectivity index (χ2v) is 10.2. The molecule has 190 valence electrons. The SMILES string of the molecule is O=C(CSc1nc2ccccc2c(=O)n1-c1ccc(Cl)cc1)NCCC(c1ccccc1)c1ccccc1. The summed E-state index contributed by atoms with van der Waals surface area (Å²) < 4.78 is 1.54. The van der Waals surface area contributed by atoms with E-state index in [-0.39, 0.29) is 23.1 Å². The molecule has 5 aromatic rings. The van der Waals surface area contributed by atoms with Crippen LogP contribution >= 0.6 is 23.4 Å². The molecule has 0 radical (unpaired) electrons. The van der Waals surface area contributed by atoms with Gasteiger partial charge in [0.15, 0.2) is 5.16 Å². The van der Waals surface area contributed by atoms with Crippen molar-refractivity contribution >= 4 is 40.2 Å². The predicted molar refractivity (Wildman–Crippen MR) is 155 cm³/mol. The smallest absolute Gasteiger partial charge is 0.266 e. The van der Waals surface area contributed by atoms with Crippen molar-refractivity contribution in [3.63, 3.8) is 0 Å². The fourth-order valence-corrected chi connectivity index (χ4v) is 5.43. The number of carbonyl (C=O) groups is 1. The molecule has 4 aromatic carbocycles. The maximum Gasteiger partial charge on any atom is 0.266 e. The van der Waals surface area contributed by atoms with Gasteiger partial charge < -0.3 is 5.32 Å².